The summed E-state index contributed by atoms with van der Waals surface area (Å²) in [6.45, 7) is 3.81. The Morgan fingerprint density at radius 3 is 2.16 bits per heavy atom. The predicted molar refractivity (Wildman–Crippen MR) is 93.8 cm³/mol. The molecule has 0 aliphatic carbocycles. The van der Waals surface area contributed by atoms with Crippen LogP contribution < -0.4 is 0 Å². The van der Waals surface area contributed by atoms with Crippen molar-refractivity contribution in [1.82, 2.24) is 9.80 Å². The molecule has 0 aromatic heterocycles. The molecule has 0 saturated carbocycles. The smallest absolute Gasteiger partial charge is 0.256 e. The maximum atomic E-state index is 13.8. The molecule has 0 radical (unpaired) electrons. The van der Waals surface area contributed by atoms with E-state index >= 15 is 0 Å². The molecule has 3 rings (SSSR count). The highest BCUT2D eigenvalue weighted by molar-refractivity contribution is 5.94. The molecule has 1 aliphatic heterocycles. The Bertz CT molecular complexity index is 766. The van der Waals surface area contributed by atoms with E-state index in [1.165, 1.54) is 12.1 Å². The molecule has 2 aromatic rings. The highest BCUT2D eigenvalue weighted by Crippen LogP contribution is 2.13. The minimum atomic E-state index is -0.509. The Morgan fingerprint density at radius 1 is 0.920 bits per heavy atom. The summed E-state index contributed by atoms with van der Waals surface area (Å²) in [6, 6.07) is 13.9. The lowest BCUT2D eigenvalue weighted by atomic mass is 10.1. The van der Waals surface area contributed by atoms with Gasteiger partial charge >= 0.3 is 0 Å². The van der Waals surface area contributed by atoms with Crippen LogP contribution in [0.1, 0.15) is 21.5 Å². The van der Waals surface area contributed by atoms with E-state index in [0.717, 1.165) is 11.1 Å². The van der Waals surface area contributed by atoms with E-state index in [2.05, 4.69) is 0 Å². The number of amides is 2. The van der Waals surface area contributed by atoms with E-state index in [1.807, 2.05) is 31.2 Å². The van der Waals surface area contributed by atoms with Crippen LogP contribution >= 0.6 is 0 Å². The number of carbonyl (C=O) groups excluding carboxylic acids is 2. The van der Waals surface area contributed by atoms with Gasteiger partial charge in [-0.2, -0.15) is 0 Å². The monoisotopic (exact) mass is 340 g/mol. The SMILES string of the molecule is Cc1ccc(CC(=O)N2CCN(C(=O)c3ccccc3F)CC2)cc1. The Balaban J connectivity index is 1.56. The first-order chi connectivity index (χ1) is 12.0. The van der Waals surface area contributed by atoms with Gasteiger partial charge in [0.2, 0.25) is 5.91 Å². The molecule has 1 aliphatic rings. The molecule has 0 atom stereocenters. The average Bonchev–Trinajstić information content (AvgIpc) is 2.63. The maximum Gasteiger partial charge on any atom is 0.256 e. The predicted octanol–water partition coefficient (Wildman–Crippen LogP) is 2.66. The van der Waals surface area contributed by atoms with E-state index in [9.17, 15) is 14.0 Å². The van der Waals surface area contributed by atoms with E-state index in [-0.39, 0.29) is 17.4 Å². The summed E-state index contributed by atoms with van der Waals surface area (Å²) in [7, 11) is 0. The molecule has 2 amide bonds. The first-order valence-corrected chi connectivity index (χ1v) is 8.42. The Morgan fingerprint density at radius 2 is 1.52 bits per heavy atom. The highest BCUT2D eigenvalue weighted by Gasteiger charge is 2.26. The molecule has 0 spiro atoms. The fourth-order valence-electron chi connectivity index (χ4n) is 2.96. The van der Waals surface area contributed by atoms with Crippen molar-refractivity contribution in [2.75, 3.05) is 26.2 Å². The van der Waals surface area contributed by atoms with Gasteiger partial charge < -0.3 is 9.80 Å². The van der Waals surface area contributed by atoms with E-state index in [0.29, 0.717) is 32.6 Å². The van der Waals surface area contributed by atoms with Crippen LogP contribution in [0.15, 0.2) is 48.5 Å². The van der Waals surface area contributed by atoms with Gasteiger partial charge in [-0.1, -0.05) is 42.0 Å². The third-order valence-corrected chi connectivity index (χ3v) is 4.50. The quantitative estimate of drug-likeness (QED) is 0.862. The van der Waals surface area contributed by atoms with Crippen LogP contribution in [0.5, 0.6) is 0 Å². The van der Waals surface area contributed by atoms with Crippen LogP contribution in [0.3, 0.4) is 0 Å². The van der Waals surface area contributed by atoms with Gasteiger partial charge in [-0.3, -0.25) is 9.59 Å². The summed E-state index contributed by atoms with van der Waals surface area (Å²) in [6.07, 6.45) is 0.363. The molecule has 5 heteroatoms. The summed E-state index contributed by atoms with van der Waals surface area (Å²) in [5.41, 5.74) is 2.24. The third kappa shape index (κ3) is 4.05. The van der Waals surface area contributed by atoms with Gasteiger partial charge in [0.25, 0.3) is 5.91 Å². The Hall–Kier alpha value is -2.69. The fourth-order valence-corrected chi connectivity index (χ4v) is 2.96. The second kappa shape index (κ2) is 7.47. The summed E-state index contributed by atoms with van der Waals surface area (Å²) in [4.78, 5) is 28.2. The zero-order chi connectivity index (χ0) is 17.8. The second-order valence-electron chi connectivity index (χ2n) is 6.32. The topological polar surface area (TPSA) is 40.6 Å². The lowest BCUT2D eigenvalue weighted by molar-refractivity contribution is -0.131. The van der Waals surface area contributed by atoms with Crippen molar-refractivity contribution in [3.05, 3.63) is 71.0 Å². The average molecular weight is 340 g/mol. The Kier molecular flexibility index (Phi) is 5.12. The van der Waals surface area contributed by atoms with Crippen molar-refractivity contribution < 1.29 is 14.0 Å². The molecule has 0 bridgehead atoms. The first-order valence-electron chi connectivity index (χ1n) is 8.42. The van der Waals surface area contributed by atoms with Crippen LogP contribution in [-0.2, 0) is 11.2 Å². The van der Waals surface area contributed by atoms with Crippen LogP contribution in [0.25, 0.3) is 0 Å². The maximum absolute atomic E-state index is 13.8. The van der Waals surface area contributed by atoms with Gasteiger partial charge in [0.1, 0.15) is 5.82 Å². The molecule has 0 unspecified atom stereocenters. The summed E-state index contributed by atoms with van der Waals surface area (Å²) >= 11 is 0. The summed E-state index contributed by atoms with van der Waals surface area (Å²) in [5, 5.41) is 0. The zero-order valence-corrected chi connectivity index (χ0v) is 14.2. The van der Waals surface area contributed by atoms with Crippen molar-refractivity contribution in [1.29, 1.82) is 0 Å². The second-order valence-corrected chi connectivity index (χ2v) is 6.32. The van der Waals surface area contributed by atoms with Crippen LogP contribution in [0.4, 0.5) is 4.39 Å². The van der Waals surface area contributed by atoms with Crippen LogP contribution in [0, 0.1) is 12.7 Å². The van der Waals surface area contributed by atoms with Crippen molar-refractivity contribution in [3.63, 3.8) is 0 Å². The van der Waals surface area contributed by atoms with Crippen molar-refractivity contribution in [3.8, 4) is 0 Å². The number of benzene rings is 2. The molecule has 1 heterocycles. The third-order valence-electron chi connectivity index (χ3n) is 4.50. The van der Waals surface area contributed by atoms with Crippen molar-refractivity contribution in [2.24, 2.45) is 0 Å². The molecular formula is C20H21FN2O2. The van der Waals surface area contributed by atoms with Crippen LogP contribution in [-0.4, -0.2) is 47.8 Å². The number of halogens is 1. The highest BCUT2D eigenvalue weighted by atomic mass is 19.1. The lowest BCUT2D eigenvalue weighted by Gasteiger charge is -2.35. The molecule has 4 nitrogen and oxygen atoms in total. The van der Waals surface area contributed by atoms with Gasteiger partial charge in [-0.25, -0.2) is 4.39 Å². The van der Waals surface area contributed by atoms with E-state index in [1.54, 1.807) is 21.9 Å². The van der Waals surface area contributed by atoms with Gasteiger partial charge in [0.15, 0.2) is 0 Å². The minimum absolute atomic E-state index is 0.0573. The number of aryl methyl sites for hydroxylation is 1. The van der Waals surface area contributed by atoms with Crippen molar-refractivity contribution in [2.45, 2.75) is 13.3 Å². The van der Waals surface area contributed by atoms with Gasteiger partial charge in [-0.15, -0.1) is 0 Å². The van der Waals surface area contributed by atoms with Gasteiger partial charge in [0.05, 0.1) is 12.0 Å². The largest absolute Gasteiger partial charge is 0.339 e. The molecule has 25 heavy (non-hydrogen) atoms. The number of carbonyl (C=O) groups is 2. The number of piperazine rings is 1. The fraction of sp³-hybridized carbons (Fsp3) is 0.300. The minimum Gasteiger partial charge on any atom is -0.339 e. The van der Waals surface area contributed by atoms with Gasteiger partial charge in [-0.05, 0) is 24.6 Å². The van der Waals surface area contributed by atoms with Crippen LogP contribution in [0.2, 0.25) is 0 Å². The number of hydrogen-bond acceptors (Lipinski definition) is 2. The van der Waals surface area contributed by atoms with Crippen molar-refractivity contribution >= 4 is 11.8 Å². The normalized spacial score (nSPS) is 14.5. The summed E-state index contributed by atoms with van der Waals surface area (Å²) in [5.74, 6) is -0.768. The lowest BCUT2D eigenvalue weighted by Crippen LogP contribution is -2.51. The molecule has 130 valence electrons. The zero-order valence-electron chi connectivity index (χ0n) is 14.2. The molecular weight excluding hydrogens is 319 g/mol. The Labute approximate surface area is 146 Å². The van der Waals surface area contributed by atoms with E-state index < -0.39 is 5.82 Å². The number of rotatable bonds is 3. The molecule has 1 fully saturated rings. The number of nitrogens with zero attached hydrogens (tertiary/aromatic N) is 2. The van der Waals surface area contributed by atoms with Gasteiger partial charge in [0, 0.05) is 26.2 Å². The number of hydrogen-bond donors (Lipinski definition) is 0. The molecule has 2 aromatic carbocycles. The first kappa shape index (κ1) is 17.1. The molecule has 1 saturated heterocycles. The van der Waals surface area contributed by atoms with E-state index in [4.69, 9.17) is 0 Å². The summed E-state index contributed by atoms with van der Waals surface area (Å²) < 4.78 is 13.8. The molecule has 0 N–H and O–H groups in total. The standard InChI is InChI=1S/C20H21FN2O2/c1-15-6-8-16(9-7-15)14-19(24)22-10-12-23(13-11-22)20(25)17-4-2-3-5-18(17)21/h2-9H,10-14H2,1H3.